The number of carbonyl (C=O) groups excluding carboxylic acids is 1. The van der Waals surface area contributed by atoms with Crippen LogP contribution in [0, 0.1) is 10.1 Å². The van der Waals surface area contributed by atoms with Gasteiger partial charge in [0.1, 0.15) is 0 Å². The highest BCUT2D eigenvalue weighted by Gasteiger charge is 2.09. The van der Waals surface area contributed by atoms with Crippen molar-refractivity contribution in [3.8, 4) is 0 Å². The molecular weight excluding hydrogens is 252 g/mol. The maximum Gasteiger partial charge on any atom is 0.400 e. The fraction of sp³-hybridized carbons (Fsp3) is 0. The van der Waals surface area contributed by atoms with Gasteiger partial charge in [0, 0.05) is 17.7 Å². The van der Waals surface area contributed by atoms with Crippen molar-refractivity contribution in [3.63, 3.8) is 0 Å². The Morgan fingerprint density at radius 3 is 2.89 bits per heavy atom. The van der Waals surface area contributed by atoms with E-state index in [0.717, 1.165) is 0 Å². The number of nitro groups is 1. The van der Waals surface area contributed by atoms with Crippen LogP contribution in [0.5, 0.6) is 0 Å². The summed E-state index contributed by atoms with van der Waals surface area (Å²) in [6.45, 7) is 0. The lowest BCUT2D eigenvalue weighted by Crippen LogP contribution is -1.99. The molecule has 0 aliphatic rings. The number of carbonyl (C=O) groups is 1. The largest absolute Gasteiger partial charge is 0.457 e. The molecule has 0 aliphatic carbocycles. The molecule has 0 N–H and O–H groups in total. The van der Waals surface area contributed by atoms with Gasteiger partial charge in [-0.05, 0) is 12.1 Å². The summed E-state index contributed by atoms with van der Waals surface area (Å²) < 4.78 is 4.81. The van der Waals surface area contributed by atoms with Crippen molar-refractivity contribution in [3.05, 3.63) is 64.1 Å². The predicted molar refractivity (Wildman–Crippen MR) is 64.8 cm³/mol. The molecule has 96 valence electrons. The molecule has 0 radical (unpaired) electrons. The van der Waals surface area contributed by atoms with Crippen molar-refractivity contribution in [1.29, 1.82) is 0 Å². The summed E-state index contributed by atoms with van der Waals surface area (Å²) >= 11 is 0. The van der Waals surface area contributed by atoms with E-state index in [9.17, 15) is 14.9 Å². The van der Waals surface area contributed by atoms with Crippen LogP contribution < -0.4 is 0 Å². The number of rotatable bonds is 4. The monoisotopic (exact) mass is 260 g/mol. The highest BCUT2D eigenvalue weighted by atomic mass is 16.7. The second-order valence-electron chi connectivity index (χ2n) is 3.44. The second kappa shape index (κ2) is 5.58. The number of nitro benzene ring substituents is 1. The van der Waals surface area contributed by atoms with Crippen LogP contribution in [-0.4, -0.2) is 17.1 Å². The van der Waals surface area contributed by atoms with Gasteiger partial charge < -0.3 is 9.25 Å². The Kier molecular flexibility index (Phi) is 3.67. The zero-order chi connectivity index (χ0) is 13.7. The Morgan fingerprint density at radius 1 is 1.37 bits per heavy atom. The Morgan fingerprint density at radius 2 is 2.21 bits per heavy atom. The average molecular weight is 260 g/mol. The molecule has 0 saturated carbocycles. The maximum atomic E-state index is 11.3. The zero-order valence-electron chi connectivity index (χ0n) is 9.55. The lowest BCUT2D eigenvalue weighted by molar-refractivity contribution is -0.384. The van der Waals surface area contributed by atoms with Crippen LogP contribution in [0.25, 0.3) is 0 Å². The molecule has 0 bridgehead atoms. The number of hydrogen-bond donors (Lipinski definition) is 0. The maximum absolute atomic E-state index is 11.3. The first-order chi connectivity index (χ1) is 9.16. The predicted octanol–water partition coefficient (Wildman–Crippen LogP) is 2.38. The SMILES string of the molecule is O=C(ON=Cc1cccc([N+](=O)[O-])c1)c1ccco1. The summed E-state index contributed by atoms with van der Waals surface area (Å²) in [7, 11) is 0. The summed E-state index contributed by atoms with van der Waals surface area (Å²) in [5.41, 5.74) is 0.378. The van der Waals surface area contributed by atoms with Crippen molar-refractivity contribution in [2.24, 2.45) is 5.16 Å². The summed E-state index contributed by atoms with van der Waals surface area (Å²) in [5, 5.41) is 14.0. The summed E-state index contributed by atoms with van der Waals surface area (Å²) in [5.74, 6) is -0.720. The first-order valence-corrected chi connectivity index (χ1v) is 5.19. The van der Waals surface area contributed by atoms with Gasteiger partial charge in [0.2, 0.25) is 5.76 Å². The van der Waals surface area contributed by atoms with Crippen LogP contribution in [0.4, 0.5) is 5.69 Å². The number of oxime groups is 1. The standard InChI is InChI=1S/C12H8N2O5/c15-12(11-5-2-6-18-11)19-13-8-9-3-1-4-10(7-9)14(16)17/h1-8H. The highest BCUT2D eigenvalue weighted by molar-refractivity contribution is 5.87. The molecule has 0 aliphatic heterocycles. The first-order valence-electron chi connectivity index (χ1n) is 5.19. The van der Waals surface area contributed by atoms with Gasteiger partial charge >= 0.3 is 5.97 Å². The first kappa shape index (κ1) is 12.5. The Hall–Kier alpha value is -2.96. The molecule has 0 unspecified atom stereocenters. The molecule has 7 heteroatoms. The van der Waals surface area contributed by atoms with E-state index in [2.05, 4.69) is 9.99 Å². The van der Waals surface area contributed by atoms with Gasteiger partial charge in [-0.1, -0.05) is 17.3 Å². The Bertz CT molecular complexity index is 619. The van der Waals surface area contributed by atoms with Crippen LogP contribution in [0.1, 0.15) is 16.1 Å². The number of non-ortho nitro benzene ring substituents is 1. The van der Waals surface area contributed by atoms with Gasteiger partial charge in [-0.25, -0.2) is 4.79 Å². The molecule has 0 atom stereocenters. The van der Waals surface area contributed by atoms with E-state index in [4.69, 9.17) is 4.42 Å². The topological polar surface area (TPSA) is 94.9 Å². The molecule has 0 spiro atoms. The van der Waals surface area contributed by atoms with Crippen LogP contribution in [0.15, 0.2) is 52.2 Å². The molecule has 1 aromatic heterocycles. The van der Waals surface area contributed by atoms with Crippen LogP contribution in [0.2, 0.25) is 0 Å². The summed E-state index contributed by atoms with van der Waals surface area (Å²) in [4.78, 5) is 25.9. The summed E-state index contributed by atoms with van der Waals surface area (Å²) in [6.07, 6.45) is 2.54. The second-order valence-corrected chi connectivity index (χ2v) is 3.44. The fourth-order valence-electron chi connectivity index (χ4n) is 1.29. The van der Waals surface area contributed by atoms with Crippen LogP contribution in [-0.2, 0) is 4.84 Å². The van der Waals surface area contributed by atoms with Gasteiger partial charge in [0.25, 0.3) is 5.69 Å². The molecule has 2 rings (SSSR count). The van der Waals surface area contributed by atoms with E-state index >= 15 is 0 Å². The average Bonchev–Trinajstić information content (AvgIpc) is 2.93. The smallest absolute Gasteiger partial charge is 0.400 e. The van der Waals surface area contributed by atoms with E-state index in [0.29, 0.717) is 5.56 Å². The van der Waals surface area contributed by atoms with E-state index in [1.54, 1.807) is 12.1 Å². The van der Waals surface area contributed by atoms with E-state index < -0.39 is 10.9 Å². The van der Waals surface area contributed by atoms with Crippen LogP contribution in [0.3, 0.4) is 0 Å². The van der Waals surface area contributed by atoms with Crippen LogP contribution >= 0.6 is 0 Å². The van der Waals surface area contributed by atoms with Crippen molar-refractivity contribution in [2.75, 3.05) is 0 Å². The fourth-order valence-corrected chi connectivity index (χ4v) is 1.29. The van der Waals surface area contributed by atoms with Crippen molar-refractivity contribution >= 4 is 17.9 Å². The Balaban J connectivity index is 2.01. The minimum Gasteiger partial charge on any atom is -0.457 e. The number of benzene rings is 1. The number of nitrogens with zero attached hydrogens (tertiary/aromatic N) is 2. The van der Waals surface area contributed by atoms with E-state index in [1.807, 2.05) is 0 Å². The molecule has 0 amide bonds. The van der Waals surface area contributed by atoms with Gasteiger partial charge in [-0.3, -0.25) is 10.1 Å². The molecule has 19 heavy (non-hydrogen) atoms. The highest BCUT2D eigenvalue weighted by Crippen LogP contribution is 2.11. The molecule has 7 nitrogen and oxygen atoms in total. The summed E-state index contributed by atoms with van der Waals surface area (Å²) in [6, 6.07) is 8.74. The number of hydrogen-bond acceptors (Lipinski definition) is 6. The quantitative estimate of drug-likeness (QED) is 0.364. The van der Waals surface area contributed by atoms with Gasteiger partial charge in [-0.15, -0.1) is 0 Å². The van der Waals surface area contributed by atoms with E-state index in [-0.39, 0.29) is 11.4 Å². The number of furan rings is 1. The molecule has 0 saturated heterocycles. The normalized spacial score (nSPS) is 10.5. The van der Waals surface area contributed by atoms with Crippen molar-refractivity contribution in [2.45, 2.75) is 0 Å². The minimum atomic E-state index is -0.744. The molecule has 2 aromatic rings. The third-order valence-corrected chi connectivity index (χ3v) is 2.14. The Labute approximate surface area is 107 Å². The van der Waals surface area contributed by atoms with Gasteiger partial charge in [0.15, 0.2) is 0 Å². The third-order valence-electron chi connectivity index (χ3n) is 2.14. The molecule has 1 heterocycles. The third kappa shape index (κ3) is 3.25. The molecular formula is C12H8N2O5. The minimum absolute atomic E-state index is 0.0243. The van der Waals surface area contributed by atoms with Crippen molar-refractivity contribution < 1.29 is 19.0 Å². The zero-order valence-corrected chi connectivity index (χ0v) is 9.55. The van der Waals surface area contributed by atoms with Gasteiger partial charge in [0.05, 0.1) is 17.4 Å². The van der Waals surface area contributed by atoms with E-state index in [1.165, 1.54) is 36.7 Å². The van der Waals surface area contributed by atoms with Gasteiger partial charge in [-0.2, -0.15) is 0 Å². The lowest BCUT2D eigenvalue weighted by Gasteiger charge is -1.94. The molecule has 0 fully saturated rings. The lowest BCUT2D eigenvalue weighted by atomic mass is 10.2. The van der Waals surface area contributed by atoms with Crippen molar-refractivity contribution in [1.82, 2.24) is 0 Å². The molecule has 1 aromatic carbocycles.